The molecule has 0 saturated heterocycles. The number of nitrogens with one attached hydrogen (secondary N) is 1. The lowest BCUT2D eigenvalue weighted by Gasteiger charge is -1.99. The number of H-pyrrole nitrogens is 1. The summed E-state index contributed by atoms with van der Waals surface area (Å²) < 4.78 is 5.58. The first kappa shape index (κ1) is 9.83. The molecule has 4 heteroatoms. The fourth-order valence-corrected chi connectivity index (χ4v) is 1.82. The van der Waals surface area contributed by atoms with Crippen molar-refractivity contribution in [3.8, 4) is 11.3 Å². The minimum absolute atomic E-state index is 0.544. The second-order valence-electron chi connectivity index (χ2n) is 3.82. The fraction of sp³-hybridized carbons (Fsp3) is 0.364. The van der Waals surface area contributed by atoms with Gasteiger partial charge in [-0.1, -0.05) is 0 Å². The molecule has 0 spiro atoms. The maximum absolute atomic E-state index is 5.71. The van der Waals surface area contributed by atoms with Gasteiger partial charge in [-0.05, 0) is 33.3 Å². The van der Waals surface area contributed by atoms with Gasteiger partial charge in [-0.2, -0.15) is 5.10 Å². The van der Waals surface area contributed by atoms with Crippen molar-refractivity contribution in [3.05, 3.63) is 22.6 Å². The molecule has 2 rings (SSSR count). The topological polar surface area (TPSA) is 67.8 Å². The van der Waals surface area contributed by atoms with Crippen molar-refractivity contribution in [2.45, 2.75) is 27.7 Å². The zero-order chi connectivity index (χ0) is 11.2. The molecule has 0 aliphatic rings. The van der Waals surface area contributed by atoms with Crippen LogP contribution in [0.4, 0.5) is 5.82 Å². The molecule has 0 atom stereocenters. The maximum atomic E-state index is 5.71. The summed E-state index contributed by atoms with van der Waals surface area (Å²) in [6.07, 6.45) is 0. The third-order valence-electron chi connectivity index (χ3n) is 2.86. The smallest absolute Gasteiger partial charge is 0.148 e. The summed E-state index contributed by atoms with van der Waals surface area (Å²) in [5, 5.41) is 6.95. The minimum Gasteiger partial charge on any atom is -0.466 e. The van der Waals surface area contributed by atoms with Crippen LogP contribution in [0.15, 0.2) is 4.42 Å². The molecule has 0 amide bonds. The summed E-state index contributed by atoms with van der Waals surface area (Å²) in [7, 11) is 0. The Kier molecular flexibility index (Phi) is 2.07. The average Bonchev–Trinajstić information content (AvgIpc) is 2.60. The highest BCUT2D eigenvalue weighted by atomic mass is 16.3. The first-order valence-corrected chi connectivity index (χ1v) is 4.89. The number of nitrogens with zero attached hydrogens (tertiary/aromatic N) is 1. The zero-order valence-corrected chi connectivity index (χ0v) is 9.43. The van der Waals surface area contributed by atoms with Crippen LogP contribution in [0.25, 0.3) is 11.3 Å². The molecule has 0 radical (unpaired) electrons. The summed E-state index contributed by atoms with van der Waals surface area (Å²) in [5.41, 5.74) is 9.86. The molecular formula is C11H15N3O. The van der Waals surface area contributed by atoms with Crippen LogP contribution in [0.2, 0.25) is 0 Å². The number of aromatic amines is 1. The largest absolute Gasteiger partial charge is 0.466 e. The molecule has 2 aromatic heterocycles. The molecule has 3 N–H and O–H groups in total. The molecule has 80 valence electrons. The summed E-state index contributed by atoms with van der Waals surface area (Å²) in [6, 6.07) is 0. The molecule has 15 heavy (non-hydrogen) atoms. The molecule has 4 nitrogen and oxygen atoms in total. The van der Waals surface area contributed by atoms with Crippen molar-refractivity contribution in [3.63, 3.8) is 0 Å². The Morgan fingerprint density at radius 2 is 1.73 bits per heavy atom. The predicted octanol–water partition coefficient (Wildman–Crippen LogP) is 2.49. The summed E-state index contributed by atoms with van der Waals surface area (Å²) in [4.78, 5) is 0. The standard InChI is InChI=1S/C11H15N3O/c1-5-7(3)15-8(4)9(5)10-6(2)11(12)14-13-10/h1-4H3,(H3,12,13,14). The van der Waals surface area contributed by atoms with Gasteiger partial charge in [0.05, 0.1) is 5.69 Å². The predicted molar refractivity (Wildman–Crippen MR) is 59.7 cm³/mol. The van der Waals surface area contributed by atoms with Gasteiger partial charge in [-0.15, -0.1) is 0 Å². The molecule has 0 aromatic carbocycles. The van der Waals surface area contributed by atoms with Gasteiger partial charge < -0.3 is 10.2 Å². The molecule has 0 saturated carbocycles. The van der Waals surface area contributed by atoms with E-state index in [2.05, 4.69) is 10.2 Å². The zero-order valence-electron chi connectivity index (χ0n) is 9.43. The second-order valence-corrected chi connectivity index (χ2v) is 3.82. The van der Waals surface area contributed by atoms with E-state index >= 15 is 0 Å². The van der Waals surface area contributed by atoms with Gasteiger partial charge in [0.15, 0.2) is 0 Å². The Morgan fingerprint density at radius 3 is 2.13 bits per heavy atom. The number of nitrogens with two attached hydrogens (primary N) is 1. The monoisotopic (exact) mass is 205 g/mol. The number of rotatable bonds is 1. The van der Waals surface area contributed by atoms with Crippen LogP contribution < -0.4 is 5.73 Å². The molecule has 0 aliphatic heterocycles. The number of hydrogen-bond donors (Lipinski definition) is 2. The number of hydrogen-bond acceptors (Lipinski definition) is 3. The van der Waals surface area contributed by atoms with Crippen LogP contribution in [0, 0.1) is 27.7 Å². The van der Waals surface area contributed by atoms with Gasteiger partial charge in [-0.25, -0.2) is 0 Å². The van der Waals surface area contributed by atoms with E-state index in [9.17, 15) is 0 Å². The van der Waals surface area contributed by atoms with E-state index in [0.717, 1.165) is 33.9 Å². The highest BCUT2D eigenvalue weighted by Gasteiger charge is 2.17. The molecule has 2 heterocycles. The lowest BCUT2D eigenvalue weighted by atomic mass is 10.0. The van der Waals surface area contributed by atoms with E-state index in [1.54, 1.807) is 0 Å². The van der Waals surface area contributed by atoms with Gasteiger partial charge in [-0.3, -0.25) is 5.10 Å². The molecule has 2 aromatic rings. The SMILES string of the molecule is Cc1oc(C)c(-c2[nH]nc(N)c2C)c1C. The van der Waals surface area contributed by atoms with Gasteiger partial charge in [0.2, 0.25) is 0 Å². The fourth-order valence-electron chi connectivity index (χ4n) is 1.82. The average molecular weight is 205 g/mol. The second kappa shape index (κ2) is 3.15. The van der Waals surface area contributed by atoms with Gasteiger partial charge in [0.1, 0.15) is 17.3 Å². The van der Waals surface area contributed by atoms with Crippen molar-refractivity contribution in [2.75, 3.05) is 5.73 Å². The van der Waals surface area contributed by atoms with E-state index in [1.165, 1.54) is 0 Å². The highest BCUT2D eigenvalue weighted by molar-refractivity contribution is 5.72. The summed E-state index contributed by atoms with van der Waals surface area (Å²) in [6.45, 7) is 7.90. The van der Waals surface area contributed by atoms with E-state index in [1.807, 2.05) is 27.7 Å². The highest BCUT2D eigenvalue weighted by Crippen LogP contribution is 2.33. The van der Waals surface area contributed by atoms with Crippen molar-refractivity contribution in [1.29, 1.82) is 0 Å². The van der Waals surface area contributed by atoms with Crippen LogP contribution in [0.5, 0.6) is 0 Å². The molecule has 0 fully saturated rings. The normalized spacial score (nSPS) is 10.9. The number of anilines is 1. The molecule has 0 unspecified atom stereocenters. The van der Waals surface area contributed by atoms with Crippen molar-refractivity contribution >= 4 is 5.82 Å². The number of nitrogen functional groups attached to an aromatic ring is 1. The Hall–Kier alpha value is -1.71. The van der Waals surface area contributed by atoms with E-state index in [4.69, 9.17) is 10.2 Å². The lowest BCUT2D eigenvalue weighted by molar-refractivity contribution is 0.503. The summed E-state index contributed by atoms with van der Waals surface area (Å²) >= 11 is 0. The number of furan rings is 1. The maximum Gasteiger partial charge on any atom is 0.148 e. The summed E-state index contributed by atoms with van der Waals surface area (Å²) in [5.74, 6) is 2.38. The first-order chi connectivity index (χ1) is 7.02. The Labute approximate surface area is 88.5 Å². The molecular weight excluding hydrogens is 190 g/mol. The van der Waals surface area contributed by atoms with Gasteiger partial charge in [0.25, 0.3) is 0 Å². The van der Waals surface area contributed by atoms with Crippen molar-refractivity contribution < 1.29 is 4.42 Å². The Morgan fingerprint density at radius 1 is 1.07 bits per heavy atom. The Bertz CT molecular complexity index is 508. The third kappa shape index (κ3) is 1.33. The van der Waals surface area contributed by atoms with Crippen molar-refractivity contribution in [1.82, 2.24) is 10.2 Å². The van der Waals surface area contributed by atoms with Crippen LogP contribution in [0.3, 0.4) is 0 Å². The van der Waals surface area contributed by atoms with Crippen molar-refractivity contribution in [2.24, 2.45) is 0 Å². The molecule has 0 bridgehead atoms. The first-order valence-electron chi connectivity index (χ1n) is 4.89. The van der Waals surface area contributed by atoms with E-state index in [0.29, 0.717) is 5.82 Å². The van der Waals surface area contributed by atoms with Crippen LogP contribution in [-0.4, -0.2) is 10.2 Å². The number of aryl methyl sites for hydroxylation is 2. The quantitative estimate of drug-likeness (QED) is 0.751. The van der Waals surface area contributed by atoms with Gasteiger partial charge in [0, 0.05) is 11.1 Å². The van der Waals surface area contributed by atoms with Crippen LogP contribution in [-0.2, 0) is 0 Å². The van der Waals surface area contributed by atoms with E-state index < -0.39 is 0 Å². The van der Waals surface area contributed by atoms with Crippen LogP contribution in [0.1, 0.15) is 22.6 Å². The molecule has 0 aliphatic carbocycles. The van der Waals surface area contributed by atoms with Crippen LogP contribution >= 0.6 is 0 Å². The Balaban J connectivity index is 2.68. The number of aromatic nitrogens is 2. The minimum atomic E-state index is 0.544. The van der Waals surface area contributed by atoms with E-state index in [-0.39, 0.29) is 0 Å². The van der Waals surface area contributed by atoms with Gasteiger partial charge >= 0.3 is 0 Å². The lowest BCUT2D eigenvalue weighted by Crippen LogP contribution is -1.87. The third-order valence-corrected chi connectivity index (χ3v) is 2.86.